The summed E-state index contributed by atoms with van der Waals surface area (Å²) >= 11 is 0. The predicted molar refractivity (Wildman–Crippen MR) is 72.1 cm³/mol. The highest BCUT2D eigenvalue weighted by Gasteiger charge is 2.23. The number of aromatic nitrogens is 1. The van der Waals surface area contributed by atoms with Crippen LogP contribution in [0.5, 0.6) is 5.75 Å². The van der Waals surface area contributed by atoms with Gasteiger partial charge in [0.25, 0.3) is 0 Å². The van der Waals surface area contributed by atoms with Crippen molar-refractivity contribution in [1.82, 2.24) is 10.5 Å². The Kier molecular flexibility index (Phi) is 3.25. The molecule has 1 atom stereocenters. The van der Waals surface area contributed by atoms with Crippen LogP contribution in [0.1, 0.15) is 35.0 Å². The SMILES string of the molecule is CNC1CCc2c(OCc3cc(C)no3)cccc21. The van der Waals surface area contributed by atoms with Gasteiger partial charge < -0.3 is 14.6 Å². The second-order valence-electron chi connectivity index (χ2n) is 4.93. The lowest BCUT2D eigenvalue weighted by atomic mass is 10.1. The molecular formula is C15H18N2O2. The number of fused-ring (bicyclic) bond motifs is 1. The Morgan fingerprint density at radius 3 is 3.11 bits per heavy atom. The molecule has 0 amide bonds. The highest BCUT2D eigenvalue weighted by molar-refractivity contribution is 5.45. The quantitative estimate of drug-likeness (QED) is 0.916. The van der Waals surface area contributed by atoms with Crippen molar-refractivity contribution in [2.75, 3.05) is 7.05 Å². The summed E-state index contributed by atoms with van der Waals surface area (Å²) in [7, 11) is 2.00. The van der Waals surface area contributed by atoms with E-state index in [0.29, 0.717) is 12.6 Å². The first-order valence-corrected chi connectivity index (χ1v) is 6.62. The number of hydrogen-bond donors (Lipinski definition) is 1. The predicted octanol–water partition coefficient (Wildman–Crippen LogP) is 2.77. The van der Waals surface area contributed by atoms with Crippen LogP contribution in [-0.2, 0) is 13.0 Å². The van der Waals surface area contributed by atoms with Gasteiger partial charge in [0.15, 0.2) is 5.76 Å². The van der Waals surface area contributed by atoms with E-state index in [0.717, 1.165) is 30.0 Å². The molecule has 0 bridgehead atoms. The van der Waals surface area contributed by atoms with Crippen molar-refractivity contribution in [3.05, 3.63) is 46.8 Å². The molecular weight excluding hydrogens is 240 g/mol. The second kappa shape index (κ2) is 5.05. The van der Waals surface area contributed by atoms with Crippen molar-refractivity contribution in [3.63, 3.8) is 0 Å². The third-order valence-electron chi connectivity index (χ3n) is 3.62. The number of aryl methyl sites for hydroxylation is 1. The third-order valence-corrected chi connectivity index (χ3v) is 3.62. The summed E-state index contributed by atoms with van der Waals surface area (Å²) in [6.45, 7) is 2.34. The Balaban J connectivity index is 1.77. The van der Waals surface area contributed by atoms with E-state index < -0.39 is 0 Å². The summed E-state index contributed by atoms with van der Waals surface area (Å²) in [6.07, 6.45) is 2.19. The molecule has 19 heavy (non-hydrogen) atoms. The number of hydrogen-bond acceptors (Lipinski definition) is 4. The average molecular weight is 258 g/mol. The molecule has 1 aliphatic rings. The van der Waals surface area contributed by atoms with Crippen LogP contribution in [-0.4, -0.2) is 12.2 Å². The minimum absolute atomic E-state index is 0.432. The van der Waals surface area contributed by atoms with E-state index in [1.807, 2.05) is 26.1 Å². The van der Waals surface area contributed by atoms with E-state index in [1.54, 1.807) is 0 Å². The summed E-state index contributed by atoms with van der Waals surface area (Å²) in [5.41, 5.74) is 3.55. The molecule has 0 saturated carbocycles. The summed E-state index contributed by atoms with van der Waals surface area (Å²) in [6, 6.07) is 8.61. The minimum atomic E-state index is 0.432. The van der Waals surface area contributed by atoms with Crippen molar-refractivity contribution >= 4 is 0 Å². The Morgan fingerprint density at radius 2 is 2.37 bits per heavy atom. The molecule has 0 aliphatic heterocycles. The smallest absolute Gasteiger partial charge is 0.174 e. The maximum atomic E-state index is 5.88. The molecule has 1 aliphatic carbocycles. The largest absolute Gasteiger partial charge is 0.485 e. The summed E-state index contributed by atoms with van der Waals surface area (Å²) in [5, 5.41) is 7.20. The Morgan fingerprint density at radius 1 is 1.47 bits per heavy atom. The van der Waals surface area contributed by atoms with E-state index in [9.17, 15) is 0 Å². The standard InChI is InChI=1S/C15H18N2O2/c1-10-8-11(19-17-10)9-18-15-5-3-4-12-13(15)6-7-14(12)16-2/h3-5,8,14,16H,6-7,9H2,1-2H3. The number of nitrogens with one attached hydrogen (secondary N) is 1. The number of rotatable bonds is 4. The van der Waals surface area contributed by atoms with Gasteiger partial charge in [0.2, 0.25) is 0 Å². The van der Waals surface area contributed by atoms with Crippen LogP contribution < -0.4 is 10.1 Å². The fourth-order valence-corrected chi connectivity index (χ4v) is 2.69. The van der Waals surface area contributed by atoms with E-state index in [1.165, 1.54) is 11.1 Å². The van der Waals surface area contributed by atoms with Gasteiger partial charge in [-0.15, -0.1) is 0 Å². The first kappa shape index (κ1) is 12.2. The Bertz CT molecular complexity index is 577. The molecule has 0 fully saturated rings. The van der Waals surface area contributed by atoms with Gasteiger partial charge >= 0.3 is 0 Å². The molecule has 4 nitrogen and oxygen atoms in total. The summed E-state index contributed by atoms with van der Waals surface area (Å²) < 4.78 is 11.0. The molecule has 2 aromatic rings. The van der Waals surface area contributed by atoms with Gasteiger partial charge in [0.1, 0.15) is 12.4 Å². The molecule has 1 N–H and O–H groups in total. The van der Waals surface area contributed by atoms with Crippen molar-refractivity contribution in [1.29, 1.82) is 0 Å². The minimum Gasteiger partial charge on any atom is -0.485 e. The fourth-order valence-electron chi connectivity index (χ4n) is 2.69. The molecule has 1 aromatic carbocycles. The molecule has 0 radical (unpaired) electrons. The zero-order valence-corrected chi connectivity index (χ0v) is 11.3. The van der Waals surface area contributed by atoms with Gasteiger partial charge in [-0.25, -0.2) is 0 Å². The molecule has 1 unspecified atom stereocenters. The van der Waals surface area contributed by atoms with Crippen LogP contribution in [0.2, 0.25) is 0 Å². The van der Waals surface area contributed by atoms with Gasteiger partial charge in [-0.3, -0.25) is 0 Å². The summed E-state index contributed by atoms with van der Waals surface area (Å²) in [5.74, 6) is 1.72. The van der Waals surface area contributed by atoms with E-state index in [2.05, 4.69) is 22.6 Å². The van der Waals surface area contributed by atoms with Gasteiger partial charge in [0.05, 0.1) is 5.69 Å². The zero-order valence-electron chi connectivity index (χ0n) is 11.3. The van der Waals surface area contributed by atoms with Crippen molar-refractivity contribution < 1.29 is 9.26 Å². The lowest BCUT2D eigenvalue weighted by Crippen LogP contribution is -2.12. The van der Waals surface area contributed by atoms with Crippen molar-refractivity contribution in [2.24, 2.45) is 0 Å². The normalized spacial score (nSPS) is 17.5. The van der Waals surface area contributed by atoms with E-state index in [-0.39, 0.29) is 0 Å². The second-order valence-corrected chi connectivity index (χ2v) is 4.93. The van der Waals surface area contributed by atoms with Crippen molar-refractivity contribution in [3.8, 4) is 5.75 Å². The van der Waals surface area contributed by atoms with Gasteiger partial charge in [-0.2, -0.15) is 0 Å². The van der Waals surface area contributed by atoms with Crippen LogP contribution >= 0.6 is 0 Å². The Hall–Kier alpha value is -1.81. The molecule has 1 aromatic heterocycles. The molecule has 4 heteroatoms. The maximum absolute atomic E-state index is 5.88. The van der Waals surface area contributed by atoms with E-state index >= 15 is 0 Å². The monoisotopic (exact) mass is 258 g/mol. The van der Waals surface area contributed by atoms with Gasteiger partial charge in [-0.05, 0) is 44.0 Å². The lowest BCUT2D eigenvalue weighted by molar-refractivity contribution is 0.247. The van der Waals surface area contributed by atoms with Crippen LogP contribution in [0, 0.1) is 6.92 Å². The zero-order chi connectivity index (χ0) is 13.2. The van der Waals surface area contributed by atoms with Gasteiger partial charge in [0, 0.05) is 12.1 Å². The third kappa shape index (κ3) is 2.36. The first-order chi connectivity index (χ1) is 9.28. The molecule has 1 heterocycles. The molecule has 0 spiro atoms. The lowest BCUT2D eigenvalue weighted by Gasteiger charge is -2.12. The average Bonchev–Trinajstić information content (AvgIpc) is 3.02. The summed E-state index contributed by atoms with van der Waals surface area (Å²) in [4.78, 5) is 0. The topological polar surface area (TPSA) is 47.3 Å². The first-order valence-electron chi connectivity index (χ1n) is 6.62. The van der Waals surface area contributed by atoms with E-state index in [4.69, 9.17) is 9.26 Å². The van der Waals surface area contributed by atoms with Crippen LogP contribution in [0.3, 0.4) is 0 Å². The molecule has 0 saturated heterocycles. The highest BCUT2D eigenvalue weighted by atomic mass is 16.5. The van der Waals surface area contributed by atoms with Gasteiger partial charge in [-0.1, -0.05) is 17.3 Å². The van der Waals surface area contributed by atoms with Crippen LogP contribution in [0.4, 0.5) is 0 Å². The molecule has 100 valence electrons. The number of ether oxygens (including phenoxy) is 1. The van der Waals surface area contributed by atoms with Crippen LogP contribution in [0.25, 0.3) is 0 Å². The maximum Gasteiger partial charge on any atom is 0.174 e. The molecule has 3 rings (SSSR count). The number of benzene rings is 1. The Labute approximate surface area is 112 Å². The highest BCUT2D eigenvalue weighted by Crippen LogP contribution is 2.36. The van der Waals surface area contributed by atoms with Crippen LogP contribution in [0.15, 0.2) is 28.8 Å². The van der Waals surface area contributed by atoms with Crippen molar-refractivity contribution in [2.45, 2.75) is 32.4 Å². The number of nitrogens with zero attached hydrogens (tertiary/aromatic N) is 1. The fraction of sp³-hybridized carbons (Fsp3) is 0.400.